The monoisotopic (exact) mass is 274 g/mol. The molecule has 0 aromatic heterocycles. The molecule has 4 nitrogen and oxygen atoms in total. The number of nitrogens with zero attached hydrogens (tertiary/aromatic N) is 1. The lowest BCUT2D eigenvalue weighted by molar-refractivity contribution is -0.117. The van der Waals surface area contributed by atoms with Crippen LogP contribution in [0.5, 0.6) is 0 Å². The Morgan fingerprint density at radius 1 is 1.30 bits per heavy atom. The highest BCUT2D eigenvalue weighted by Crippen LogP contribution is 2.15. The summed E-state index contributed by atoms with van der Waals surface area (Å²) in [4.78, 5) is 25.4. The van der Waals surface area contributed by atoms with E-state index in [1.807, 2.05) is 0 Å². The molecule has 1 saturated heterocycles. The van der Waals surface area contributed by atoms with Crippen molar-refractivity contribution in [3.8, 4) is 0 Å². The quantitative estimate of drug-likeness (QED) is 0.858. The number of piperidine rings is 1. The smallest absolute Gasteiger partial charge is 0.238 e. The third-order valence-corrected chi connectivity index (χ3v) is 3.68. The molecular weight excluding hydrogens is 252 g/mol. The van der Waals surface area contributed by atoms with E-state index in [9.17, 15) is 9.59 Å². The molecule has 0 spiro atoms. The molecule has 1 aromatic rings. The van der Waals surface area contributed by atoms with E-state index in [1.54, 1.807) is 24.3 Å². The molecule has 0 radical (unpaired) electrons. The van der Waals surface area contributed by atoms with Crippen LogP contribution >= 0.6 is 0 Å². The summed E-state index contributed by atoms with van der Waals surface area (Å²) in [6.07, 6.45) is 2.42. The van der Waals surface area contributed by atoms with Crippen LogP contribution in [0, 0.1) is 5.92 Å². The zero-order chi connectivity index (χ0) is 14.5. The van der Waals surface area contributed by atoms with Crippen molar-refractivity contribution in [2.75, 3.05) is 25.0 Å². The molecule has 0 saturated carbocycles. The molecule has 0 aliphatic carbocycles. The third-order valence-electron chi connectivity index (χ3n) is 3.68. The summed E-state index contributed by atoms with van der Waals surface area (Å²) >= 11 is 0. The van der Waals surface area contributed by atoms with Crippen molar-refractivity contribution in [3.05, 3.63) is 29.8 Å². The largest absolute Gasteiger partial charge is 0.325 e. The summed E-state index contributed by atoms with van der Waals surface area (Å²) in [7, 11) is 0. The fraction of sp³-hybridized carbons (Fsp3) is 0.500. The van der Waals surface area contributed by atoms with Crippen molar-refractivity contribution < 1.29 is 9.59 Å². The normalized spacial score (nSPS) is 19.6. The van der Waals surface area contributed by atoms with E-state index in [2.05, 4.69) is 17.1 Å². The zero-order valence-electron chi connectivity index (χ0n) is 12.2. The van der Waals surface area contributed by atoms with Gasteiger partial charge in [0, 0.05) is 17.8 Å². The number of nitrogens with one attached hydrogen (secondary N) is 1. The molecule has 0 bridgehead atoms. The van der Waals surface area contributed by atoms with Crippen LogP contribution in [-0.4, -0.2) is 36.2 Å². The Hall–Kier alpha value is -1.68. The van der Waals surface area contributed by atoms with Crippen molar-refractivity contribution in [2.45, 2.75) is 26.7 Å². The first-order valence-corrected chi connectivity index (χ1v) is 7.18. The van der Waals surface area contributed by atoms with Gasteiger partial charge in [0.2, 0.25) is 5.91 Å². The Kier molecular flexibility index (Phi) is 4.90. The van der Waals surface area contributed by atoms with Gasteiger partial charge in [-0.05, 0) is 56.5 Å². The number of hydrogen-bond donors (Lipinski definition) is 1. The number of hydrogen-bond acceptors (Lipinski definition) is 3. The average molecular weight is 274 g/mol. The molecule has 1 atom stereocenters. The molecule has 1 amide bonds. The lowest BCUT2D eigenvalue weighted by atomic mass is 10.0. The molecule has 1 N–H and O–H groups in total. The van der Waals surface area contributed by atoms with E-state index in [1.165, 1.54) is 19.8 Å². The summed E-state index contributed by atoms with van der Waals surface area (Å²) in [5.41, 5.74) is 1.40. The molecule has 0 unspecified atom stereocenters. The van der Waals surface area contributed by atoms with Crippen LogP contribution in [0.1, 0.15) is 37.0 Å². The summed E-state index contributed by atoms with van der Waals surface area (Å²) in [6.45, 7) is 6.20. The highest BCUT2D eigenvalue weighted by molar-refractivity contribution is 5.96. The van der Waals surface area contributed by atoms with E-state index in [4.69, 9.17) is 0 Å². The predicted octanol–water partition coefficient (Wildman–Crippen LogP) is 2.56. The average Bonchev–Trinajstić information content (AvgIpc) is 2.39. The first-order chi connectivity index (χ1) is 9.54. The first-order valence-electron chi connectivity index (χ1n) is 7.18. The third kappa shape index (κ3) is 4.17. The second kappa shape index (κ2) is 6.66. The SMILES string of the molecule is CC(=O)c1ccc(NC(=O)CN2CCC[C@H](C)C2)cc1. The van der Waals surface area contributed by atoms with Gasteiger partial charge in [-0.25, -0.2) is 0 Å². The van der Waals surface area contributed by atoms with Gasteiger partial charge < -0.3 is 5.32 Å². The Balaban J connectivity index is 1.86. The molecule has 20 heavy (non-hydrogen) atoms. The number of likely N-dealkylation sites (tertiary alicyclic amines) is 1. The molecule has 1 aromatic carbocycles. The maximum atomic E-state index is 12.0. The molecule has 1 aliphatic rings. The number of benzene rings is 1. The Morgan fingerprint density at radius 2 is 2.00 bits per heavy atom. The first kappa shape index (κ1) is 14.7. The lowest BCUT2D eigenvalue weighted by Gasteiger charge is -2.30. The van der Waals surface area contributed by atoms with Gasteiger partial charge in [-0.2, -0.15) is 0 Å². The minimum absolute atomic E-state index is 0.00896. The van der Waals surface area contributed by atoms with E-state index in [-0.39, 0.29) is 11.7 Å². The molecule has 108 valence electrons. The molecule has 1 fully saturated rings. The van der Waals surface area contributed by atoms with Crippen molar-refractivity contribution in [1.29, 1.82) is 0 Å². The van der Waals surface area contributed by atoms with Gasteiger partial charge in [-0.15, -0.1) is 0 Å². The number of amides is 1. The molecule has 2 rings (SSSR count). The number of ketones is 1. The number of carbonyl (C=O) groups excluding carboxylic acids is 2. The summed E-state index contributed by atoms with van der Waals surface area (Å²) in [5, 5.41) is 2.88. The Bertz CT molecular complexity index is 482. The topological polar surface area (TPSA) is 49.4 Å². The Labute approximate surface area is 120 Å². The summed E-state index contributed by atoms with van der Waals surface area (Å²) in [5.74, 6) is 0.714. The maximum absolute atomic E-state index is 12.0. The van der Waals surface area contributed by atoms with Crippen molar-refractivity contribution in [2.24, 2.45) is 5.92 Å². The number of carbonyl (C=O) groups is 2. The molecule has 1 heterocycles. The van der Waals surface area contributed by atoms with Crippen molar-refractivity contribution >= 4 is 17.4 Å². The maximum Gasteiger partial charge on any atom is 0.238 e. The molecular formula is C16H22N2O2. The van der Waals surface area contributed by atoms with Gasteiger partial charge in [0.25, 0.3) is 0 Å². The van der Waals surface area contributed by atoms with E-state index >= 15 is 0 Å². The minimum Gasteiger partial charge on any atom is -0.325 e. The van der Waals surface area contributed by atoms with Crippen molar-refractivity contribution in [3.63, 3.8) is 0 Å². The van der Waals surface area contributed by atoms with Gasteiger partial charge >= 0.3 is 0 Å². The van der Waals surface area contributed by atoms with Gasteiger partial charge in [-0.3, -0.25) is 14.5 Å². The van der Waals surface area contributed by atoms with Gasteiger partial charge in [0.15, 0.2) is 5.78 Å². The minimum atomic E-state index is 0.00896. The molecule has 4 heteroatoms. The van der Waals surface area contributed by atoms with Crippen LogP contribution in [0.2, 0.25) is 0 Å². The van der Waals surface area contributed by atoms with E-state index in [0.717, 1.165) is 18.8 Å². The predicted molar refractivity (Wildman–Crippen MR) is 79.9 cm³/mol. The van der Waals surface area contributed by atoms with Gasteiger partial charge in [-0.1, -0.05) is 6.92 Å². The second-order valence-corrected chi connectivity index (χ2v) is 5.66. The zero-order valence-corrected chi connectivity index (χ0v) is 12.2. The highest BCUT2D eigenvalue weighted by atomic mass is 16.2. The van der Waals surface area contributed by atoms with Gasteiger partial charge in [0.1, 0.15) is 0 Å². The highest BCUT2D eigenvalue weighted by Gasteiger charge is 2.18. The van der Waals surface area contributed by atoms with E-state index in [0.29, 0.717) is 18.0 Å². The van der Waals surface area contributed by atoms with Crippen LogP contribution in [0.25, 0.3) is 0 Å². The fourth-order valence-electron chi connectivity index (χ4n) is 2.62. The number of anilines is 1. The second-order valence-electron chi connectivity index (χ2n) is 5.66. The number of Topliss-reactive ketones (excluding diaryl/α,β-unsaturated/α-hetero) is 1. The van der Waals surface area contributed by atoms with Crippen LogP contribution in [0.3, 0.4) is 0 Å². The van der Waals surface area contributed by atoms with Crippen molar-refractivity contribution in [1.82, 2.24) is 4.90 Å². The Morgan fingerprint density at radius 3 is 2.60 bits per heavy atom. The number of rotatable bonds is 4. The van der Waals surface area contributed by atoms with Crippen LogP contribution in [0.4, 0.5) is 5.69 Å². The fourth-order valence-corrected chi connectivity index (χ4v) is 2.62. The molecule has 1 aliphatic heterocycles. The standard InChI is InChI=1S/C16H22N2O2/c1-12-4-3-9-18(10-12)11-16(20)17-15-7-5-14(6-8-15)13(2)19/h5-8,12H,3-4,9-11H2,1-2H3,(H,17,20)/t12-/m0/s1. The van der Waals surface area contributed by atoms with Crippen LogP contribution in [-0.2, 0) is 4.79 Å². The lowest BCUT2D eigenvalue weighted by Crippen LogP contribution is -2.39. The summed E-state index contributed by atoms with van der Waals surface area (Å²) in [6, 6.07) is 7.02. The van der Waals surface area contributed by atoms with Gasteiger partial charge in [0.05, 0.1) is 6.54 Å². The van der Waals surface area contributed by atoms with E-state index < -0.39 is 0 Å². The van der Waals surface area contributed by atoms with Crippen LogP contribution < -0.4 is 5.32 Å². The summed E-state index contributed by atoms with van der Waals surface area (Å²) < 4.78 is 0. The van der Waals surface area contributed by atoms with Crippen LogP contribution in [0.15, 0.2) is 24.3 Å².